The third kappa shape index (κ3) is 2.49. The standard InChI is InChI=1S/C13H14NOS2/c1-2-4-11(5-3-1)12-10-16-13(17-12)14-6-8-15-9-7-14/h1-5,10H,6-9H2/q+1. The maximum absolute atomic E-state index is 5.38. The summed E-state index contributed by atoms with van der Waals surface area (Å²) >= 11 is 3.72. The Labute approximate surface area is 108 Å². The van der Waals surface area contributed by atoms with Crippen molar-refractivity contribution in [3.8, 4) is 10.4 Å². The molecule has 0 unspecified atom stereocenters. The van der Waals surface area contributed by atoms with Gasteiger partial charge in [-0.3, -0.25) is 0 Å². The highest BCUT2D eigenvalue weighted by Gasteiger charge is 2.14. The van der Waals surface area contributed by atoms with E-state index in [0.717, 1.165) is 26.3 Å². The van der Waals surface area contributed by atoms with Crippen molar-refractivity contribution in [3.05, 3.63) is 39.7 Å². The molecule has 1 aliphatic rings. The van der Waals surface area contributed by atoms with Gasteiger partial charge in [0.15, 0.2) is 13.1 Å². The largest absolute Gasteiger partial charge is 0.368 e. The summed E-state index contributed by atoms with van der Waals surface area (Å²) in [5.74, 6) is 0. The first-order valence-electron chi connectivity index (χ1n) is 5.73. The van der Waals surface area contributed by atoms with E-state index in [-0.39, 0.29) is 0 Å². The number of morpholine rings is 1. The van der Waals surface area contributed by atoms with Gasteiger partial charge in [-0.2, -0.15) is 0 Å². The zero-order chi connectivity index (χ0) is 11.5. The molecule has 17 heavy (non-hydrogen) atoms. The average molecular weight is 264 g/mol. The number of rotatable bonds is 1. The Kier molecular flexibility index (Phi) is 3.36. The van der Waals surface area contributed by atoms with Gasteiger partial charge in [-0.1, -0.05) is 53.0 Å². The van der Waals surface area contributed by atoms with Crippen molar-refractivity contribution in [2.45, 2.75) is 0 Å². The van der Waals surface area contributed by atoms with Gasteiger partial charge in [-0.25, -0.2) is 4.58 Å². The summed E-state index contributed by atoms with van der Waals surface area (Å²) in [6.45, 7) is 3.74. The summed E-state index contributed by atoms with van der Waals surface area (Å²) in [6.07, 6.45) is 0. The van der Waals surface area contributed by atoms with Crippen LogP contribution < -0.4 is 8.56 Å². The van der Waals surface area contributed by atoms with Gasteiger partial charge in [0.2, 0.25) is 0 Å². The van der Waals surface area contributed by atoms with Crippen LogP contribution in [0, 0.1) is 0 Å². The quantitative estimate of drug-likeness (QED) is 0.720. The molecule has 1 aromatic carbocycles. The number of nitrogens with zero attached hydrogens (tertiary/aromatic N) is 1. The molecule has 2 nitrogen and oxygen atoms in total. The predicted molar refractivity (Wildman–Crippen MR) is 73.5 cm³/mol. The molecule has 0 N–H and O–H groups in total. The third-order valence-electron chi connectivity index (χ3n) is 2.79. The summed E-state index contributed by atoms with van der Waals surface area (Å²) in [5.41, 5.74) is 1.31. The van der Waals surface area contributed by atoms with Crippen LogP contribution in [-0.4, -0.2) is 26.3 Å². The predicted octanol–water partition coefficient (Wildman–Crippen LogP) is 2.28. The van der Waals surface area contributed by atoms with E-state index >= 15 is 0 Å². The molecule has 1 aromatic heterocycles. The van der Waals surface area contributed by atoms with Crippen LogP contribution in [0.4, 0.5) is 0 Å². The second-order valence-corrected chi connectivity index (χ2v) is 6.08. The molecule has 1 fully saturated rings. The molecule has 0 amide bonds. The van der Waals surface area contributed by atoms with E-state index in [2.05, 4.69) is 40.3 Å². The summed E-state index contributed by atoms with van der Waals surface area (Å²) < 4.78 is 9.20. The van der Waals surface area contributed by atoms with Crippen LogP contribution >= 0.6 is 22.7 Å². The van der Waals surface area contributed by atoms with Crippen molar-refractivity contribution in [3.63, 3.8) is 0 Å². The third-order valence-corrected chi connectivity index (χ3v) is 5.30. The van der Waals surface area contributed by atoms with Crippen molar-refractivity contribution in [2.24, 2.45) is 0 Å². The van der Waals surface area contributed by atoms with Gasteiger partial charge in [0, 0.05) is 5.38 Å². The molecule has 4 heteroatoms. The highest BCUT2D eigenvalue weighted by Crippen LogP contribution is 2.23. The first-order valence-corrected chi connectivity index (χ1v) is 7.43. The monoisotopic (exact) mass is 264 g/mol. The molecule has 0 saturated carbocycles. The SMILES string of the molecule is c1ccc(-c2csc(=[N+]3CCOCC3)s2)cc1. The fourth-order valence-electron chi connectivity index (χ4n) is 1.86. The Balaban J connectivity index is 1.98. The number of benzene rings is 1. The Morgan fingerprint density at radius 2 is 1.82 bits per heavy atom. The molecule has 2 aromatic rings. The van der Waals surface area contributed by atoms with E-state index in [1.54, 1.807) is 0 Å². The van der Waals surface area contributed by atoms with E-state index < -0.39 is 0 Å². The fraction of sp³-hybridized carbons (Fsp3) is 0.308. The molecule has 1 aliphatic heterocycles. The van der Waals surface area contributed by atoms with Gasteiger partial charge in [-0.05, 0) is 5.56 Å². The van der Waals surface area contributed by atoms with E-state index in [4.69, 9.17) is 4.74 Å². The number of ether oxygens (including phenoxy) is 1. The molecule has 2 heterocycles. The van der Waals surface area contributed by atoms with Crippen LogP contribution in [-0.2, 0) is 4.74 Å². The van der Waals surface area contributed by atoms with Crippen LogP contribution in [0.15, 0.2) is 35.7 Å². The van der Waals surface area contributed by atoms with Gasteiger partial charge < -0.3 is 4.74 Å². The number of hydrogen-bond donors (Lipinski definition) is 0. The van der Waals surface area contributed by atoms with Gasteiger partial charge in [-0.15, -0.1) is 0 Å². The zero-order valence-corrected chi connectivity index (χ0v) is 11.1. The zero-order valence-electron chi connectivity index (χ0n) is 9.46. The van der Waals surface area contributed by atoms with Crippen molar-refractivity contribution >= 4 is 22.7 Å². The van der Waals surface area contributed by atoms with E-state index in [9.17, 15) is 0 Å². The van der Waals surface area contributed by atoms with Crippen LogP contribution in [0.5, 0.6) is 0 Å². The Morgan fingerprint density at radius 3 is 2.59 bits per heavy atom. The fourth-order valence-corrected chi connectivity index (χ4v) is 4.23. The van der Waals surface area contributed by atoms with Crippen LogP contribution in [0.1, 0.15) is 0 Å². The summed E-state index contributed by atoms with van der Waals surface area (Å²) in [7, 11) is 0. The lowest BCUT2D eigenvalue weighted by molar-refractivity contribution is 0.0976. The van der Waals surface area contributed by atoms with E-state index in [1.165, 1.54) is 14.4 Å². The molecule has 0 spiro atoms. The topological polar surface area (TPSA) is 12.2 Å². The van der Waals surface area contributed by atoms with Crippen LogP contribution in [0.2, 0.25) is 0 Å². The van der Waals surface area contributed by atoms with Crippen molar-refractivity contribution in [1.29, 1.82) is 0 Å². The van der Waals surface area contributed by atoms with Crippen LogP contribution in [0.25, 0.3) is 10.4 Å². The normalized spacial score (nSPS) is 16.1. The second-order valence-electron chi connectivity index (χ2n) is 3.93. The minimum absolute atomic E-state index is 0.852. The molecule has 3 rings (SSSR count). The van der Waals surface area contributed by atoms with E-state index in [1.807, 2.05) is 22.7 Å². The maximum Gasteiger partial charge on any atom is 0.314 e. The Bertz CT molecular complexity index is 548. The average Bonchev–Trinajstić information content (AvgIpc) is 2.90. The first kappa shape index (κ1) is 11.1. The molecule has 0 bridgehead atoms. The molecular weight excluding hydrogens is 250 g/mol. The number of hydrogen-bond acceptors (Lipinski definition) is 3. The van der Waals surface area contributed by atoms with Gasteiger partial charge >= 0.3 is 3.98 Å². The smallest absolute Gasteiger partial charge is 0.314 e. The second kappa shape index (κ2) is 5.12. The van der Waals surface area contributed by atoms with Crippen molar-refractivity contribution in [1.82, 2.24) is 4.58 Å². The Hall–Kier alpha value is -0.970. The minimum Gasteiger partial charge on any atom is -0.368 e. The minimum atomic E-state index is 0.852. The lowest BCUT2D eigenvalue weighted by Crippen LogP contribution is -2.37. The molecule has 88 valence electrons. The lowest BCUT2D eigenvalue weighted by Gasteiger charge is -2.08. The van der Waals surface area contributed by atoms with Crippen molar-refractivity contribution < 1.29 is 4.74 Å². The molecular formula is C13H14NOS2+. The van der Waals surface area contributed by atoms with Crippen LogP contribution in [0.3, 0.4) is 0 Å². The molecule has 0 atom stereocenters. The van der Waals surface area contributed by atoms with Crippen molar-refractivity contribution in [2.75, 3.05) is 26.3 Å². The summed E-state index contributed by atoms with van der Waals surface area (Å²) in [5, 5.41) is 2.25. The Morgan fingerprint density at radius 1 is 1.06 bits per heavy atom. The molecule has 1 saturated heterocycles. The first-order chi connectivity index (χ1) is 8.43. The maximum atomic E-state index is 5.38. The van der Waals surface area contributed by atoms with Gasteiger partial charge in [0.1, 0.15) is 13.2 Å². The summed E-state index contributed by atoms with van der Waals surface area (Å²) in [4.78, 5) is 1.36. The molecule has 0 aliphatic carbocycles. The van der Waals surface area contributed by atoms with Gasteiger partial charge in [0.25, 0.3) is 0 Å². The summed E-state index contributed by atoms with van der Waals surface area (Å²) in [6, 6.07) is 10.6. The lowest BCUT2D eigenvalue weighted by atomic mass is 10.2. The highest BCUT2D eigenvalue weighted by molar-refractivity contribution is 7.28. The van der Waals surface area contributed by atoms with Gasteiger partial charge in [0.05, 0.1) is 4.88 Å². The van der Waals surface area contributed by atoms with E-state index in [0.29, 0.717) is 0 Å². The highest BCUT2D eigenvalue weighted by atomic mass is 32.2. The molecule has 0 radical (unpaired) electrons.